The number of hydrogen-bond donors (Lipinski definition) is 0. The highest BCUT2D eigenvalue weighted by Gasteiger charge is 2.33. The van der Waals surface area contributed by atoms with E-state index >= 15 is 0 Å². The van der Waals surface area contributed by atoms with Crippen LogP contribution in [0, 0.1) is 0 Å². The van der Waals surface area contributed by atoms with Crippen LogP contribution in [0.1, 0.15) is 18.4 Å². The Morgan fingerprint density at radius 2 is 1.92 bits per heavy atom. The molecule has 1 fully saturated rings. The van der Waals surface area contributed by atoms with Gasteiger partial charge in [0.2, 0.25) is 0 Å². The first-order valence-corrected chi connectivity index (χ1v) is 11.4. The summed E-state index contributed by atoms with van der Waals surface area (Å²) in [6.07, 6.45) is -2.02. The van der Waals surface area contributed by atoms with E-state index in [0.717, 1.165) is 16.2 Å². The molecule has 190 valence electrons. The molecule has 1 unspecified atom stereocenters. The van der Waals surface area contributed by atoms with Gasteiger partial charge in [0.1, 0.15) is 11.5 Å². The summed E-state index contributed by atoms with van der Waals surface area (Å²) in [5.74, 6) is -0.232. The van der Waals surface area contributed by atoms with Gasteiger partial charge in [-0.25, -0.2) is 4.79 Å². The van der Waals surface area contributed by atoms with Crippen molar-refractivity contribution in [1.29, 1.82) is 0 Å². The molecule has 2 aromatic heterocycles. The molecule has 13 heteroatoms. The number of fused-ring (bicyclic) bond motifs is 1. The number of alkyl halides is 3. The Kier molecular flexibility index (Phi) is 6.17. The van der Waals surface area contributed by atoms with E-state index in [9.17, 15) is 22.8 Å². The highest BCUT2D eigenvalue weighted by molar-refractivity contribution is 6.30. The number of rotatable bonds is 7. The van der Waals surface area contributed by atoms with Gasteiger partial charge in [-0.1, -0.05) is 23.7 Å². The van der Waals surface area contributed by atoms with Crippen molar-refractivity contribution in [2.75, 3.05) is 6.61 Å². The SMILES string of the molecule is Cn1c(=O)n(CC2CO2)c(=O)c2c1nc(OC1=CCCC(OC(F)(F)F)=C1)n2Cc1ccc(Cl)cc1. The van der Waals surface area contributed by atoms with Crippen LogP contribution in [0.15, 0.2) is 57.5 Å². The van der Waals surface area contributed by atoms with Crippen LogP contribution in [0.2, 0.25) is 5.02 Å². The maximum absolute atomic E-state index is 13.4. The average Bonchev–Trinajstić information content (AvgIpc) is 3.57. The molecule has 0 amide bonds. The minimum atomic E-state index is -4.83. The van der Waals surface area contributed by atoms with E-state index in [0.29, 0.717) is 11.6 Å². The number of imidazole rings is 1. The summed E-state index contributed by atoms with van der Waals surface area (Å²) in [6, 6.07) is 6.81. The topological polar surface area (TPSA) is 92.8 Å². The lowest BCUT2D eigenvalue weighted by Gasteiger charge is -2.17. The second-order valence-corrected chi connectivity index (χ2v) is 8.83. The molecule has 1 aliphatic heterocycles. The van der Waals surface area contributed by atoms with Crippen molar-refractivity contribution in [3.63, 3.8) is 0 Å². The maximum Gasteiger partial charge on any atom is 0.572 e. The number of benzene rings is 1. The third-order valence-corrected chi connectivity index (χ3v) is 5.99. The monoisotopic (exact) mass is 524 g/mol. The van der Waals surface area contributed by atoms with Crippen molar-refractivity contribution < 1.29 is 27.4 Å². The van der Waals surface area contributed by atoms with E-state index in [4.69, 9.17) is 21.1 Å². The van der Waals surface area contributed by atoms with Crippen LogP contribution < -0.4 is 16.0 Å². The lowest BCUT2D eigenvalue weighted by atomic mass is 10.1. The van der Waals surface area contributed by atoms with Crippen LogP contribution in [-0.2, 0) is 29.6 Å². The predicted octanol–water partition coefficient (Wildman–Crippen LogP) is 3.47. The summed E-state index contributed by atoms with van der Waals surface area (Å²) in [7, 11) is 1.48. The molecule has 0 saturated carbocycles. The van der Waals surface area contributed by atoms with Gasteiger partial charge >= 0.3 is 18.1 Å². The van der Waals surface area contributed by atoms with Crippen LogP contribution in [0.25, 0.3) is 11.2 Å². The molecule has 0 N–H and O–H groups in total. The third-order valence-electron chi connectivity index (χ3n) is 5.74. The molecule has 3 heterocycles. The molecule has 0 radical (unpaired) electrons. The first kappa shape index (κ1) is 24.2. The summed E-state index contributed by atoms with van der Waals surface area (Å²) in [5, 5.41) is 0.523. The Balaban J connectivity index is 1.61. The van der Waals surface area contributed by atoms with Gasteiger partial charge in [-0.2, -0.15) is 4.98 Å². The number of allylic oxidation sites excluding steroid dienone is 3. The average molecular weight is 525 g/mol. The van der Waals surface area contributed by atoms with E-state index in [-0.39, 0.29) is 60.7 Å². The van der Waals surface area contributed by atoms with Gasteiger partial charge in [-0.3, -0.25) is 18.5 Å². The van der Waals surface area contributed by atoms with Gasteiger partial charge in [0.05, 0.1) is 25.8 Å². The molecule has 3 aromatic rings. The normalized spacial score (nSPS) is 17.6. The van der Waals surface area contributed by atoms with Crippen molar-refractivity contribution in [2.24, 2.45) is 7.05 Å². The Hall–Kier alpha value is -3.51. The molecule has 36 heavy (non-hydrogen) atoms. The van der Waals surface area contributed by atoms with E-state index in [2.05, 4.69) is 9.72 Å². The molecule has 5 rings (SSSR count). The van der Waals surface area contributed by atoms with Crippen LogP contribution in [0.3, 0.4) is 0 Å². The summed E-state index contributed by atoms with van der Waals surface area (Å²) < 4.78 is 57.0. The zero-order chi connectivity index (χ0) is 25.6. The van der Waals surface area contributed by atoms with E-state index in [1.807, 2.05) is 0 Å². The molecule has 1 aromatic carbocycles. The highest BCUT2D eigenvalue weighted by Crippen LogP contribution is 2.29. The number of aromatic nitrogens is 4. The molecular formula is C23H20ClF3N4O5. The molecule has 9 nitrogen and oxygen atoms in total. The molecule has 0 spiro atoms. The molecule has 2 aliphatic rings. The number of aryl methyl sites for hydroxylation is 1. The molecule has 0 bridgehead atoms. The van der Waals surface area contributed by atoms with Crippen molar-refractivity contribution in [2.45, 2.75) is 38.4 Å². The third kappa shape index (κ3) is 5.05. The summed E-state index contributed by atoms with van der Waals surface area (Å²) in [5.41, 5.74) is -0.204. The fraction of sp³-hybridized carbons (Fsp3) is 0.348. The number of halogens is 4. The van der Waals surface area contributed by atoms with Crippen LogP contribution in [0.5, 0.6) is 6.01 Å². The zero-order valence-electron chi connectivity index (χ0n) is 18.9. The van der Waals surface area contributed by atoms with Crippen LogP contribution in [0.4, 0.5) is 13.2 Å². The fourth-order valence-electron chi connectivity index (χ4n) is 3.94. The van der Waals surface area contributed by atoms with Crippen LogP contribution in [-0.4, -0.2) is 37.8 Å². The number of nitrogens with zero attached hydrogens (tertiary/aromatic N) is 4. The van der Waals surface area contributed by atoms with Gasteiger partial charge in [0.25, 0.3) is 5.56 Å². The predicted molar refractivity (Wildman–Crippen MR) is 123 cm³/mol. The summed E-state index contributed by atoms with van der Waals surface area (Å²) >= 11 is 5.99. The Morgan fingerprint density at radius 3 is 2.58 bits per heavy atom. The Morgan fingerprint density at radius 1 is 1.19 bits per heavy atom. The van der Waals surface area contributed by atoms with E-state index < -0.39 is 17.6 Å². The van der Waals surface area contributed by atoms with Gasteiger partial charge in [0, 0.05) is 24.6 Å². The first-order valence-electron chi connectivity index (χ1n) is 11.0. The van der Waals surface area contributed by atoms with E-state index in [1.54, 1.807) is 30.3 Å². The summed E-state index contributed by atoms with van der Waals surface area (Å²) in [4.78, 5) is 30.7. The Bertz CT molecular complexity index is 1500. The van der Waals surface area contributed by atoms with Crippen molar-refractivity contribution in [3.05, 3.63) is 79.4 Å². The van der Waals surface area contributed by atoms with Gasteiger partial charge < -0.3 is 14.2 Å². The lowest BCUT2D eigenvalue weighted by Crippen LogP contribution is -2.40. The number of epoxide rings is 1. The maximum atomic E-state index is 13.4. The smallest absolute Gasteiger partial charge is 0.426 e. The number of ether oxygens (including phenoxy) is 3. The number of hydrogen-bond acceptors (Lipinski definition) is 6. The van der Waals surface area contributed by atoms with Crippen molar-refractivity contribution in [1.82, 2.24) is 18.7 Å². The fourth-order valence-corrected chi connectivity index (χ4v) is 4.06. The second-order valence-electron chi connectivity index (χ2n) is 8.40. The highest BCUT2D eigenvalue weighted by atomic mass is 35.5. The minimum absolute atomic E-state index is 0.0516. The Labute approximate surface area is 206 Å². The summed E-state index contributed by atoms with van der Waals surface area (Å²) in [6.45, 7) is 0.671. The van der Waals surface area contributed by atoms with Gasteiger partial charge in [-0.15, -0.1) is 13.2 Å². The molecular weight excluding hydrogens is 505 g/mol. The first-order chi connectivity index (χ1) is 17.1. The quantitative estimate of drug-likeness (QED) is 0.439. The molecule has 1 aliphatic carbocycles. The lowest BCUT2D eigenvalue weighted by molar-refractivity contribution is -0.306. The van der Waals surface area contributed by atoms with Gasteiger partial charge in [-0.05, 0) is 30.2 Å². The zero-order valence-corrected chi connectivity index (χ0v) is 19.7. The minimum Gasteiger partial charge on any atom is -0.426 e. The molecule has 1 saturated heterocycles. The standard InChI is InChI=1S/C23H20ClF3N4O5/c1-29-19-18(20(32)31(22(29)33)11-17-12-34-17)30(10-13-5-7-14(24)8-6-13)21(28-19)35-15-3-2-4-16(9-15)36-23(25,26)27/h3,5-9,17H,2,4,10-12H2,1H3. The van der Waals surface area contributed by atoms with Crippen molar-refractivity contribution in [3.8, 4) is 6.01 Å². The van der Waals surface area contributed by atoms with Crippen molar-refractivity contribution >= 4 is 22.8 Å². The van der Waals surface area contributed by atoms with Crippen LogP contribution >= 0.6 is 11.6 Å². The second kappa shape index (κ2) is 9.17. The largest absolute Gasteiger partial charge is 0.572 e. The van der Waals surface area contributed by atoms with E-state index in [1.165, 1.54) is 16.2 Å². The molecule has 1 atom stereocenters. The van der Waals surface area contributed by atoms with Gasteiger partial charge in [0.15, 0.2) is 11.2 Å².